The molecule has 3 aliphatic rings. The SMILES string of the molecule is C#CCOCC1(C)COc2c(c3sc2c(-c2ccc(C)cc2)c2nc(c(-c4ccc(C)cc4)c4ccc(s4)c(-c4ccc(C)cc4)c4nc(c3-c3ccc(C)cc3)C=C4)C=C2)OC1. The molecule has 6 heterocycles. The summed E-state index contributed by atoms with van der Waals surface area (Å²) in [5, 5.41) is 0. The van der Waals surface area contributed by atoms with E-state index in [0.29, 0.717) is 31.3 Å². The Morgan fingerprint density at radius 2 is 0.873 bits per heavy atom. The standard InChI is InChI=1S/C56H46N2O3S2/c1-7-30-59-31-56(6)32-60-52-53(61-33-56)55-51(41-22-14-37(5)15-23-41)45-27-25-43(58-45)49(39-18-10-35(3)11-19-39)47-29-28-46(62-47)48(38-16-8-34(2)9-17-38)42-24-26-44(57-42)50(54(52)63-55)40-20-12-36(4)13-21-40/h1,8-29H,30-33H2,2-6H3. The predicted molar refractivity (Wildman–Crippen MR) is 265 cm³/mol. The van der Waals surface area contributed by atoms with Crippen LogP contribution in [0, 0.1) is 45.5 Å². The number of ether oxygens (including phenoxy) is 3. The fourth-order valence-electron chi connectivity index (χ4n) is 8.36. The molecule has 3 aliphatic heterocycles. The van der Waals surface area contributed by atoms with Crippen LogP contribution in [0.1, 0.15) is 52.0 Å². The summed E-state index contributed by atoms with van der Waals surface area (Å²) in [6, 6.07) is 39.4. The summed E-state index contributed by atoms with van der Waals surface area (Å²) >= 11 is 3.45. The Morgan fingerprint density at radius 3 is 1.24 bits per heavy atom. The highest BCUT2D eigenvalue weighted by molar-refractivity contribution is 7.25. The topological polar surface area (TPSA) is 53.5 Å². The molecule has 0 N–H and O–H groups in total. The van der Waals surface area contributed by atoms with Gasteiger partial charge in [-0.25, -0.2) is 9.97 Å². The Hall–Kier alpha value is -6.56. The molecule has 0 aliphatic carbocycles. The number of thiophene rings is 2. The van der Waals surface area contributed by atoms with Crippen LogP contribution in [0.2, 0.25) is 0 Å². The quantitative estimate of drug-likeness (QED) is 0.118. The molecule has 10 rings (SSSR count). The van der Waals surface area contributed by atoms with Gasteiger partial charge in [0.15, 0.2) is 11.5 Å². The summed E-state index contributed by atoms with van der Waals surface area (Å²) in [7, 11) is 0. The molecular formula is C56H46N2O3S2. The molecule has 0 unspecified atom stereocenters. The van der Waals surface area contributed by atoms with Crippen LogP contribution in [0.3, 0.4) is 0 Å². The van der Waals surface area contributed by atoms with Gasteiger partial charge in [-0.15, -0.1) is 29.1 Å². The first-order valence-corrected chi connectivity index (χ1v) is 22.9. The van der Waals surface area contributed by atoms with Gasteiger partial charge in [-0.05, 0) is 86.4 Å². The average Bonchev–Trinajstić information content (AvgIpc) is 4.11. The number of terminal acetylenes is 1. The summed E-state index contributed by atoms with van der Waals surface area (Å²) in [5.74, 6) is 3.99. The van der Waals surface area contributed by atoms with Crippen molar-refractivity contribution in [3.8, 4) is 68.4 Å². The highest BCUT2D eigenvalue weighted by Crippen LogP contribution is 2.54. The van der Waals surface area contributed by atoms with Crippen molar-refractivity contribution in [2.24, 2.45) is 5.41 Å². The lowest BCUT2D eigenvalue weighted by atomic mass is 9.94. The van der Waals surface area contributed by atoms with Crippen LogP contribution in [-0.4, -0.2) is 36.4 Å². The maximum absolute atomic E-state index is 7.05. The summed E-state index contributed by atoms with van der Waals surface area (Å²) in [6.07, 6.45) is 14.3. The van der Waals surface area contributed by atoms with Gasteiger partial charge in [-0.3, -0.25) is 0 Å². The molecular weight excluding hydrogens is 813 g/mol. The summed E-state index contributed by atoms with van der Waals surface area (Å²) in [6.45, 7) is 12.0. The normalized spacial score (nSPS) is 13.8. The van der Waals surface area contributed by atoms with E-state index in [2.05, 4.69) is 174 Å². The van der Waals surface area contributed by atoms with Gasteiger partial charge in [-0.1, -0.05) is 132 Å². The van der Waals surface area contributed by atoms with Crippen LogP contribution >= 0.6 is 22.7 Å². The largest absolute Gasteiger partial charge is 0.487 e. The fourth-order valence-corrected chi connectivity index (χ4v) is 10.9. The smallest absolute Gasteiger partial charge is 0.180 e. The van der Waals surface area contributed by atoms with Crippen LogP contribution in [0.25, 0.3) is 87.6 Å². The van der Waals surface area contributed by atoms with Crippen molar-refractivity contribution < 1.29 is 14.2 Å². The number of fused-ring (bicyclic) bond motifs is 11. The second-order valence-electron chi connectivity index (χ2n) is 17.1. The zero-order chi connectivity index (χ0) is 43.2. The average molecular weight is 859 g/mol. The number of hydrogen-bond acceptors (Lipinski definition) is 7. The van der Waals surface area contributed by atoms with Crippen LogP contribution in [0.4, 0.5) is 0 Å². The minimum absolute atomic E-state index is 0.218. The van der Waals surface area contributed by atoms with Crippen molar-refractivity contribution >= 4 is 65.8 Å². The van der Waals surface area contributed by atoms with Crippen LogP contribution < -0.4 is 9.47 Å². The van der Waals surface area contributed by atoms with E-state index < -0.39 is 5.41 Å². The fraction of sp³-hybridized carbons (Fsp3) is 0.179. The number of aryl methyl sites for hydroxylation is 4. The Kier molecular flexibility index (Phi) is 10.7. The third kappa shape index (κ3) is 7.80. The molecule has 7 aromatic rings. The van der Waals surface area contributed by atoms with Gasteiger partial charge < -0.3 is 14.2 Å². The first-order chi connectivity index (χ1) is 30.6. The highest BCUT2D eigenvalue weighted by Gasteiger charge is 2.35. The van der Waals surface area contributed by atoms with Gasteiger partial charge in [-0.2, -0.15) is 0 Å². The van der Waals surface area contributed by atoms with Crippen molar-refractivity contribution in [1.29, 1.82) is 0 Å². The zero-order valence-electron chi connectivity index (χ0n) is 36.0. The molecule has 0 fully saturated rings. The second-order valence-corrected chi connectivity index (χ2v) is 19.2. The van der Waals surface area contributed by atoms with Crippen molar-refractivity contribution in [3.63, 3.8) is 0 Å². The van der Waals surface area contributed by atoms with Gasteiger partial charge in [0.1, 0.15) is 6.61 Å². The highest BCUT2D eigenvalue weighted by atomic mass is 32.1. The van der Waals surface area contributed by atoms with Gasteiger partial charge in [0, 0.05) is 31.7 Å². The van der Waals surface area contributed by atoms with Gasteiger partial charge in [0.05, 0.1) is 57.4 Å². The lowest BCUT2D eigenvalue weighted by molar-refractivity contribution is 0.0190. The molecule has 0 radical (unpaired) electrons. The van der Waals surface area contributed by atoms with Gasteiger partial charge >= 0.3 is 0 Å². The Bertz CT molecular complexity index is 2980. The minimum atomic E-state index is -0.473. The molecule has 63 heavy (non-hydrogen) atoms. The van der Waals surface area contributed by atoms with E-state index in [4.69, 9.17) is 30.6 Å². The molecule has 310 valence electrons. The maximum Gasteiger partial charge on any atom is 0.180 e. The first-order valence-electron chi connectivity index (χ1n) is 21.2. The summed E-state index contributed by atoms with van der Waals surface area (Å²) < 4.78 is 24.2. The van der Waals surface area contributed by atoms with Crippen LogP contribution in [0.15, 0.2) is 109 Å². The maximum atomic E-state index is 7.05. The Morgan fingerprint density at radius 1 is 0.524 bits per heavy atom. The van der Waals surface area contributed by atoms with Gasteiger partial charge in [0.2, 0.25) is 0 Å². The van der Waals surface area contributed by atoms with Crippen molar-refractivity contribution in [1.82, 2.24) is 9.97 Å². The minimum Gasteiger partial charge on any atom is -0.487 e. The molecule has 0 spiro atoms. The Balaban J connectivity index is 1.40. The van der Waals surface area contributed by atoms with Gasteiger partial charge in [0.25, 0.3) is 0 Å². The number of hydrogen-bond donors (Lipinski definition) is 0. The lowest BCUT2D eigenvalue weighted by Crippen LogP contribution is -2.35. The molecule has 8 bridgehead atoms. The van der Waals surface area contributed by atoms with E-state index in [9.17, 15) is 0 Å². The first kappa shape index (κ1) is 40.5. The molecule has 0 saturated carbocycles. The summed E-state index contributed by atoms with van der Waals surface area (Å²) in [5.41, 5.74) is 16.2. The van der Waals surface area contributed by atoms with E-state index in [-0.39, 0.29) is 6.61 Å². The van der Waals surface area contributed by atoms with E-state index in [1.807, 2.05) is 0 Å². The molecule has 7 heteroatoms. The summed E-state index contributed by atoms with van der Waals surface area (Å²) in [4.78, 5) is 11.2. The molecule has 0 atom stereocenters. The van der Waals surface area contributed by atoms with Crippen molar-refractivity contribution in [2.45, 2.75) is 34.6 Å². The van der Waals surface area contributed by atoms with Crippen molar-refractivity contribution in [3.05, 3.63) is 154 Å². The number of benzene rings is 4. The Labute approximate surface area is 377 Å². The number of nitrogens with zero attached hydrogens (tertiary/aromatic N) is 2. The monoisotopic (exact) mass is 858 g/mol. The third-order valence-electron chi connectivity index (χ3n) is 11.8. The molecule has 4 aromatic carbocycles. The third-order valence-corrected chi connectivity index (χ3v) is 14.1. The second kappa shape index (κ2) is 16.6. The van der Waals surface area contributed by atoms with E-state index in [1.54, 1.807) is 22.7 Å². The van der Waals surface area contributed by atoms with E-state index in [1.165, 1.54) is 22.3 Å². The molecule has 0 amide bonds. The van der Waals surface area contributed by atoms with Crippen molar-refractivity contribution in [2.75, 3.05) is 26.4 Å². The molecule has 5 nitrogen and oxygen atoms in total. The number of rotatable bonds is 7. The van der Waals surface area contributed by atoms with Crippen LogP contribution in [0.5, 0.6) is 11.5 Å². The van der Waals surface area contributed by atoms with E-state index in [0.717, 1.165) is 86.1 Å². The lowest BCUT2D eigenvalue weighted by Gasteiger charge is -2.25. The molecule has 3 aromatic heterocycles. The predicted octanol–water partition coefficient (Wildman–Crippen LogP) is 14.5. The van der Waals surface area contributed by atoms with Crippen LogP contribution in [-0.2, 0) is 4.74 Å². The number of aromatic nitrogens is 2. The zero-order valence-corrected chi connectivity index (χ0v) is 37.7. The van der Waals surface area contributed by atoms with E-state index >= 15 is 0 Å². The molecule has 0 saturated heterocycles.